The van der Waals surface area contributed by atoms with E-state index in [1.54, 1.807) is 23.5 Å². The van der Waals surface area contributed by atoms with E-state index in [2.05, 4.69) is 13.8 Å². The molecule has 0 rings (SSSR count). The Balaban J connectivity index is 3.12. The summed E-state index contributed by atoms with van der Waals surface area (Å²) in [4.78, 5) is 0. The normalized spacial score (nSPS) is 11.2. The SMILES string of the molecule is CCCCSCO[PH](=O)OCSCCCC. The number of unbranched alkanes of at least 4 members (excludes halogenated alkanes) is 2. The first-order valence-corrected chi connectivity index (χ1v) is 9.29. The van der Waals surface area contributed by atoms with E-state index in [1.807, 2.05) is 0 Å². The van der Waals surface area contributed by atoms with Gasteiger partial charge in [0.15, 0.2) is 0 Å². The molecule has 0 radical (unpaired) electrons. The summed E-state index contributed by atoms with van der Waals surface area (Å²) in [7, 11) is -2.26. The van der Waals surface area contributed by atoms with Crippen LogP contribution in [0.4, 0.5) is 0 Å². The van der Waals surface area contributed by atoms with E-state index in [9.17, 15) is 4.57 Å². The molecule has 16 heavy (non-hydrogen) atoms. The molecule has 0 saturated carbocycles. The topological polar surface area (TPSA) is 35.5 Å². The Morgan fingerprint density at radius 2 is 1.38 bits per heavy atom. The summed E-state index contributed by atoms with van der Waals surface area (Å²) in [5.41, 5.74) is 0. The average Bonchev–Trinajstić information content (AvgIpc) is 2.28. The van der Waals surface area contributed by atoms with E-state index in [0.717, 1.165) is 11.5 Å². The van der Waals surface area contributed by atoms with Gasteiger partial charge in [0.2, 0.25) is 0 Å². The van der Waals surface area contributed by atoms with Crippen molar-refractivity contribution >= 4 is 31.8 Å². The smallest absolute Gasteiger partial charge is 0.300 e. The molecule has 0 spiro atoms. The largest absolute Gasteiger partial charge is 0.320 e. The summed E-state index contributed by atoms with van der Waals surface area (Å²) in [5.74, 6) is 3.10. The molecule has 3 nitrogen and oxygen atoms in total. The Kier molecular flexibility index (Phi) is 14.7. The molecule has 0 atom stereocenters. The number of thioether (sulfide) groups is 2. The Morgan fingerprint density at radius 3 is 1.75 bits per heavy atom. The minimum atomic E-state index is -2.26. The maximum atomic E-state index is 11.2. The lowest BCUT2D eigenvalue weighted by atomic mass is 10.4. The van der Waals surface area contributed by atoms with Crippen LogP contribution in [0.15, 0.2) is 0 Å². The lowest BCUT2D eigenvalue weighted by molar-refractivity contribution is 0.285. The molecule has 0 heterocycles. The summed E-state index contributed by atoms with van der Waals surface area (Å²) in [6, 6.07) is 0. The maximum Gasteiger partial charge on any atom is 0.320 e. The molecule has 0 fully saturated rings. The van der Waals surface area contributed by atoms with E-state index in [1.165, 1.54) is 25.7 Å². The van der Waals surface area contributed by atoms with Gasteiger partial charge in [0.25, 0.3) is 0 Å². The Labute approximate surface area is 108 Å². The van der Waals surface area contributed by atoms with Crippen LogP contribution in [0, 0.1) is 0 Å². The van der Waals surface area contributed by atoms with Gasteiger partial charge in [-0.1, -0.05) is 26.7 Å². The van der Waals surface area contributed by atoms with Gasteiger partial charge in [0.1, 0.15) is 11.9 Å². The Bertz CT molecular complexity index is 154. The van der Waals surface area contributed by atoms with Gasteiger partial charge in [0.05, 0.1) is 0 Å². The third-order valence-corrected chi connectivity index (χ3v) is 4.71. The number of rotatable bonds is 12. The highest BCUT2D eigenvalue weighted by Gasteiger charge is 1.99. The van der Waals surface area contributed by atoms with Crippen molar-refractivity contribution in [2.45, 2.75) is 39.5 Å². The van der Waals surface area contributed by atoms with Gasteiger partial charge in [0, 0.05) is 0 Å². The second-order valence-corrected chi connectivity index (χ2v) is 6.48. The van der Waals surface area contributed by atoms with Crippen molar-refractivity contribution < 1.29 is 13.6 Å². The molecule has 0 aliphatic carbocycles. The van der Waals surface area contributed by atoms with Crippen LogP contribution in [0.25, 0.3) is 0 Å². The van der Waals surface area contributed by atoms with Crippen LogP contribution >= 0.6 is 31.8 Å². The first-order chi connectivity index (χ1) is 7.81. The lowest BCUT2D eigenvalue weighted by Crippen LogP contribution is -1.88. The first kappa shape index (κ1) is 16.9. The van der Waals surface area contributed by atoms with E-state index >= 15 is 0 Å². The molecule has 0 bridgehead atoms. The molecule has 0 unspecified atom stereocenters. The highest BCUT2D eigenvalue weighted by atomic mass is 32.2. The fourth-order valence-electron chi connectivity index (χ4n) is 0.832. The minimum absolute atomic E-state index is 0.484. The maximum absolute atomic E-state index is 11.2. The zero-order chi connectivity index (χ0) is 12.1. The van der Waals surface area contributed by atoms with E-state index in [0.29, 0.717) is 11.9 Å². The molecule has 0 aliphatic heterocycles. The van der Waals surface area contributed by atoms with Crippen LogP contribution in [0.3, 0.4) is 0 Å². The van der Waals surface area contributed by atoms with Crippen molar-refractivity contribution in [2.75, 3.05) is 23.4 Å². The van der Waals surface area contributed by atoms with Gasteiger partial charge in [-0.2, -0.15) is 0 Å². The van der Waals surface area contributed by atoms with E-state index < -0.39 is 8.25 Å². The molecule has 0 amide bonds. The fourth-order valence-corrected chi connectivity index (χ4v) is 3.57. The summed E-state index contributed by atoms with van der Waals surface area (Å²) >= 11 is 3.34. The predicted octanol–water partition coefficient (Wildman–Crippen LogP) is 4.39. The highest BCUT2D eigenvalue weighted by Crippen LogP contribution is 2.27. The van der Waals surface area contributed by atoms with Gasteiger partial charge in [-0.15, -0.1) is 23.5 Å². The van der Waals surface area contributed by atoms with E-state index in [-0.39, 0.29) is 0 Å². The molecule has 0 aromatic carbocycles. The molecule has 0 saturated heterocycles. The molecule has 6 heteroatoms. The summed E-state index contributed by atoms with van der Waals surface area (Å²) in [5, 5.41) is 0. The summed E-state index contributed by atoms with van der Waals surface area (Å²) in [6.07, 6.45) is 4.74. The fraction of sp³-hybridized carbons (Fsp3) is 1.00. The second kappa shape index (κ2) is 13.9. The van der Waals surface area contributed by atoms with Gasteiger partial charge in [-0.05, 0) is 24.3 Å². The standard InChI is InChI=1S/C10H23O3PS2/c1-3-5-7-15-9-12-14(11)13-10-16-8-6-4-2/h14H,3-10H2,1-2H3. The first-order valence-electron chi connectivity index (χ1n) is 5.76. The lowest BCUT2D eigenvalue weighted by Gasteiger charge is -2.05. The summed E-state index contributed by atoms with van der Waals surface area (Å²) < 4.78 is 21.4. The zero-order valence-corrected chi connectivity index (χ0v) is 12.8. The zero-order valence-electron chi connectivity index (χ0n) is 10.2. The van der Waals surface area contributed by atoms with Crippen molar-refractivity contribution in [1.82, 2.24) is 0 Å². The van der Waals surface area contributed by atoms with Crippen molar-refractivity contribution in [2.24, 2.45) is 0 Å². The third-order valence-electron chi connectivity index (χ3n) is 1.80. The molecular weight excluding hydrogens is 263 g/mol. The molecular formula is C10H23O3PS2. The average molecular weight is 286 g/mol. The van der Waals surface area contributed by atoms with Gasteiger partial charge in [-0.3, -0.25) is 13.6 Å². The van der Waals surface area contributed by atoms with Crippen LogP contribution in [0.2, 0.25) is 0 Å². The van der Waals surface area contributed by atoms with Gasteiger partial charge >= 0.3 is 8.25 Å². The van der Waals surface area contributed by atoms with Crippen molar-refractivity contribution in [3.8, 4) is 0 Å². The molecule has 98 valence electrons. The van der Waals surface area contributed by atoms with Crippen LogP contribution in [-0.4, -0.2) is 23.4 Å². The van der Waals surface area contributed by atoms with Gasteiger partial charge < -0.3 is 0 Å². The molecule has 0 aliphatic rings. The highest BCUT2D eigenvalue weighted by molar-refractivity contribution is 7.99. The number of hydrogen-bond acceptors (Lipinski definition) is 5. The van der Waals surface area contributed by atoms with Crippen LogP contribution in [0.5, 0.6) is 0 Å². The van der Waals surface area contributed by atoms with Gasteiger partial charge in [-0.25, -0.2) is 0 Å². The Hall–Kier alpha value is 0.850. The second-order valence-electron chi connectivity index (χ2n) is 3.30. The molecule has 0 N–H and O–H groups in total. The Morgan fingerprint density at radius 1 is 0.938 bits per heavy atom. The quantitative estimate of drug-likeness (QED) is 0.302. The predicted molar refractivity (Wildman–Crippen MR) is 75.6 cm³/mol. The van der Waals surface area contributed by atoms with Crippen molar-refractivity contribution in [1.29, 1.82) is 0 Å². The third kappa shape index (κ3) is 12.9. The molecule has 0 aromatic rings. The minimum Gasteiger partial charge on any atom is -0.300 e. The monoisotopic (exact) mass is 286 g/mol. The van der Waals surface area contributed by atoms with Crippen LogP contribution in [-0.2, 0) is 13.6 Å². The van der Waals surface area contributed by atoms with Crippen molar-refractivity contribution in [3.63, 3.8) is 0 Å². The van der Waals surface area contributed by atoms with Crippen molar-refractivity contribution in [3.05, 3.63) is 0 Å². The van der Waals surface area contributed by atoms with Crippen LogP contribution < -0.4 is 0 Å². The summed E-state index contributed by atoms with van der Waals surface area (Å²) in [6.45, 7) is 4.31. The molecule has 0 aromatic heterocycles. The number of hydrogen-bond donors (Lipinski definition) is 0. The van der Waals surface area contributed by atoms with E-state index in [4.69, 9.17) is 9.05 Å². The van der Waals surface area contributed by atoms with Crippen LogP contribution in [0.1, 0.15) is 39.5 Å².